The van der Waals surface area contributed by atoms with Crippen LogP contribution in [0.2, 0.25) is 0 Å². The molecule has 35 heavy (non-hydrogen) atoms. The third-order valence-electron chi connectivity index (χ3n) is 7.06. The van der Waals surface area contributed by atoms with Gasteiger partial charge in [0, 0.05) is 44.1 Å². The van der Waals surface area contributed by atoms with Gasteiger partial charge in [-0.3, -0.25) is 0 Å². The molecule has 0 aliphatic rings. The lowest BCUT2D eigenvalue weighted by Crippen LogP contribution is -2.11. The van der Waals surface area contributed by atoms with Crippen LogP contribution in [-0.2, 0) is 0 Å². The van der Waals surface area contributed by atoms with E-state index >= 15 is 0 Å². The molecular weight excluding hydrogens is 433 g/mol. The van der Waals surface area contributed by atoms with Crippen molar-refractivity contribution in [1.82, 2.24) is 4.57 Å². The minimum absolute atomic E-state index is 0.742. The van der Waals surface area contributed by atoms with Crippen molar-refractivity contribution in [1.29, 1.82) is 0 Å². The number of hydrogen-bond donors (Lipinski definition) is 1. The first-order valence-electron chi connectivity index (χ1n) is 11.6. The molecule has 5 heteroatoms. The highest BCUT2D eigenvalue weighted by atomic mass is 16.3. The molecule has 0 unspecified atom stereocenters. The molecule has 1 radical (unpaired) electrons. The summed E-state index contributed by atoms with van der Waals surface area (Å²) in [6.07, 6.45) is 0. The van der Waals surface area contributed by atoms with Gasteiger partial charge in [-0.05, 0) is 42.5 Å². The van der Waals surface area contributed by atoms with Gasteiger partial charge in [0.15, 0.2) is 0 Å². The lowest BCUT2D eigenvalue weighted by Gasteiger charge is -2.07. The molecule has 4 nitrogen and oxygen atoms in total. The number of nitrogens with zero attached hydrogens (tertiary/aromatic N) is 1. The fourth-order valence-corrected chi connectivity index (χ4v) is 5.47. The van der Waals surface area contributed by atoms with Crippen LogP contribution in [0.1, 0.15) is 0 Å². The zero-order chi connectivity index (χ0) is 23.1. The fourth-order valence-electron chi connectivity index (χ4n) is 5.47. The molecule has 8 aromatic rings. The van der Waals surface area contributed by atoms with Crippen molar-refractivity contribution < 1.29 is 13.9 Å². The SMILES string of the molecule is O[B]c1ccc2oc3cc4oc5ccc(-n6c7ccccc7c7ccccc76)cc5c4cc3c2c1. The highest BCUT2D eigenvalue weighted by molar-refractivity contribution is 6.46. The van der Waals surface area contributed by atoms with E-state index in [9.17, 15) is 5.02 Å². The van der Waals surface area contributed by atoms with Crippen molar-refractivity contribution in [2.24, 2.45) is 0 Å². The van der Waals surface area contributed by atoms with Crippen molar-refractivity contribution in [3.8, 4) is 5.69 Å². The number of furan rings is 2. The molecule has 1 N–H and O–H groups in total. The van der Waals surface area contributed by atoms with Gasteiger partial charge in [-0.15, -0.1) is 0 Å². The molecule has 3 aromatic heterocycles. The molecule has 0 aliphatic carbocycles. The molecule has 0 aliphatic heterocycles. The van der Waals surface area contributed by atoms with Crippen LogP contribution in [0, 0.1) is 0 Å². The van der Waals surface area contributed by atoms with Crippen molar-refractivity contribution in [2.75, 3.05) is 0 Å². The molecule has 0 saturated carbocycles. The van der Waals surface area contributed by atoms with Gasteiger partial charge in [0.1, 0.15) is 22.3 Å². The Kier molecular flexibility index (Phi) is 3.66. The Balaban J connectivity index is 1.44. The summed E-state index contributed by atoms with van der Waals surface area (Å²) in [7, 11) is 1.11. The Morgan fingerprint density at radius 3 is 1.74 bits per heavy atom. The summed E-state index contributed by atoms with van der Waals surface area (Å²) in [6, 6.07) is 33.2. The predicted molar refractivity (Wildman–Crippen MR) is 143 cm³/mol. The molecule has 5 aromatic carbocycles. The number of hydrogen-bond acceptors (Lipinski definition) is 3. The van der Waals surface area contributed by atoms with Crippen LogP contribution in [0.3, 0.4) is 0 Å². The number of para-hydroxylation sites is 2. The Bertz CT molecular complexity index is 2060. The molecule has 0 saturated heterocycles. The first kappa shape index (κ1) is 18.9. The molecule has 0 amide bonds. The average Bonchev–Trinajstić information content (AvgIpc) is 3.55. The quantitative estimate of drug-likeness (QED) is 0.294. The second-order valence-electron chi connectivity index (χ2n) is 8.98. The van der Waals surface area contributed by atoms with Gasteiger partial charge >= 0.3 is 7.48 Å². The largest absolute Gasteiger partial charge is 0.456 e. The number of aromatic nitrogens is 1. The van der Waals surface area contributed by atoms with Crippen LogP contribution in [0.15, 0.2) is 106 Å². The van der Waals surface area contributed by atoms with E-state index in [1.165, 1.54) is 21.8 Å². The van der Waals surface area contributed by atoms with Gasteiger partial charge in [-0.2, -0.15) is 0 Å². The van der Waals surface area contributed by atoms with Gasteiger partial charge in [0.05, 0.1) is 11.0 Å². The van der Waals surface area contributed by atoms with E-state index in [1.807, 2.05) is 30.3 Å². The molecule has 3 heterocycles. The van der Waals surface area contributed by atoms with Crippen molar-refractivity contribution in [3.63, 3.8) is 0 Å². The maximum absolute atomic E-state index is 9.49. The molecule has 163 valence electrons. The Morgan fingerprint density at radius 2 is 1.09 bits per heavy atom. The highest BCUT2D eigenvalue weighted by Crippen LogP contribution is 2.38. The molecule has 0 bridgehead atoms. The molecule has 0 spiro atoms. The van der Waals surface area contributed by atoms with Crippen molar-refractivity contribution in [2.45, 2.75) is 0 Å². The summed E-state index contributed by atoms with van der Waals surface area (Å²) in [5.74, 6) is 0. The van der Waals surface area contributed by atoms with E-state index in [-0.39, 0.29) is 0 Å². The van der Waals surface area contributed by atoms with Crippen LogP contribution in [0.5, 0.6) is 0 Å². The summed E-state index contributed by atoms with van der Waals surface area (Å²) >= 11 is 0. The summed E-state index contributed by atoms with van der Waals surface area (Å²) in [4.78, 5) is 0. The zero-order valence-corrected chi connectivity index (χ0v) is 18.5. The highest BCUT2D eigenvalue weighted by Gasteiger charge is 2.16. The van der Waals surface area contributed by atoms with E-state index < -0.39 is 0 Å². The molecular formula is C30H17BNO3. The van der Waals surface area contributed by atoms with Crippen LogP contribution in [-0.4, -0.2) is 17.1 Å². The standard InChI is InChI=1S/C30H17BNO3/c33-31-17-9-11-27-21(13-17)23-15-24-22-14-18(10-12-28(22)35-30(24)16-29(23)34-27)32-25-7-3-1-5-19(25)20-6-2-4-8-26(20)32/h1-16,33H. The summed E-state index contributed by atoms with van der Waals surface area (Å²) < 4.78 is 14.6. The Hall–Kier alpha value is -4.48. The summed E-state index contributed by atoms with van der Waals surface area (Å²) in [5.41, 5.74) is 7.37. The third-order valence-corrected chi connectivity index (χ3v) is 7.06. The average molecular weight is 450 g/mol. The first-order valence-corrected chi connectivity index (χ1v) is 11.6. The second kappa shape index (κ2) is 6.78. The Morgan fingerprint density at radius 1 is 0.514 bits per heavy atom. The second-order valence-corrected chi connectivity index (χ2v) is 8.98. The molecule has 0 fully saturated rings. The predicted octanol–water partition coefficient (Wildman–Crippen LogP) is 6.82. The van der Waals surface area contributed by atoms with Crippen molar-refractivity contribution >= 4 is 78.6 Å². The van der Waals surface area contributed by atoms with E-state index in [1.54, 1.807) is 0 Å². The zero-order valence-electron chi connectivity index (χ0n) is 18.5. The first-order chi connectivity index (χ1) is 17.3. The molecule has 0 atom stereocenters. The van der Waals surface area contributed by atoms with E-state index in [2.05, 4.69) is 71.3 Å². The van der Waals surface area contributed by atoms with Crippen LogP contribution >= 0.6 is 0 Å². The van der Waals surface area contributed by atoms with E-state index in [4.69, 9.17) is 8.83 Å². The lowest BCUT2D eigenvalue weighted by molar-refractivity contribution is 0.615. The van der Waals surface area contributed by atoms with E-state index in [0.717, 1.165) is 62.5 Å². The van der Waals surface area contributed by atoms with Crippen LogP contribution in [0.4, 0.5) is 0 Å². The number of benzene rings is 5. The van der Waals surface area contributed by atoms with E-state index in [0.29, 0.717) is 0 Å². The van der Waals surface area contributed by atoms with Crippen molar-refractivity contribution in [3.05, 3.63) is 97.1 Å². The maximum Gasteiger partial charge on any atom is 0.326 e. The van der Waals surface area contributed by atoms with Gasteiger partial charge in [-0.1, -0.05) is 54.0 Å². The molecule has 8 rings (SSSR count). The third kappa shape index (κ3) is 2.56. The lowest BCUT2D eigenvalue weighted by atomic mass is 9.88. The maximum atomic E-state index is 9.49. The van der Waals surface area contributed by atoms with Gasteiger partial charge in [0.25, 0.3) is 0 Å². The smallest absolute Gasteiger partial charge is 0.326 e. The minimum Gasteiger partial charge on any atom is -0.456 e. The summed E-state index contributed by atoms with van der Waals surface area (Å²) in [6.45, 7) is 0. The number of fused-ring (bicyclic) bond motifs is 9. The summed E-state index contributed by atoms with van der Waals surface area (Å²) in [5, 5.41) is 16.0. The Labute approximate surface area is 199 Å². The monoisotopic (exact) mass is 450 g/mol. The van der Waals surface area contributed by atoms with Crippen LogP contribution in [0.25, 0.3) is 71.4 Å². The van der Waals surface area contributed by atoms with Gasteiger partial charge in [0.2, 0.25) is 0 Å². The van der Waals surface area contributed by atoms with Gasteiger partial charge in [-0.25, -0.2) is 0 Å². The minimum atomic E-state index is 0.742. The normalized spacial score (nSPS) is 12.1. The van der Waals surface area contributed by atoms with Gasteiger partial charge < -0.3 is 18.4 Å². The number of rotatable bonds is 2. The van der Waals surface area contributed by atoms with Crippen LogP contribution < -0.4 is 5.46 Å². The fraction of sp³-hybridized carbons (Fsp3) is 0. The topological polar surface area (TPSA) is 51.4 Å².